The largest absolute Gasteiger partial charge is 0.467 e. The molecule has 1 amide bonds. The van der Waals surface area contributed by atoms with Crippen LogP contribution in [-0.2, 0) is 4.74 Å². The molecule has 5 heteroatoms. The first-order valence-electron chi connectivity index (χ1n) is 6.14. The molecule has 0 fully saturated rings. The molecular weight excluding hydrogens is 258 g/mol. The summed E-state index contributed by atoms with van der Waals surface area (Å²) in [6.07, 6.45) is 1.56. The monoisotopic (exact) mass is 273 g/mol. The molecule has 5 nitrogen and oxygen atoms in total. The van der Waals surface area contributed by atoms with E-state index in [4.69, 9.17) is 4.42 Å². The summed E-state index contributed by atoms with van der Waals surface area (Å²) in [6, 6.07) is 9.61. The zero-order valence-corrected chi connectivity index (χ0v) is 11.3. The number of rotatable bonds is 4. The lowest BCUT2D eigenvalue weighted by Crippen LogP contribution is -2.26. The SMILES string of the molecule is COC(=O)c1ccc(C(=O)N[C@H](C)c2ccco2)cc1. The van der Waals surface area contributed by atoms with Gasteiger partial charge in [0.25, 0.3) is 5.91 Å². The molecular formula is C15H15NO4. The molecule has 0 aliphatic heterocycles. The summed E-state index contributed by atoms with van der Waals surface area (Å²) in [5.74, 6) is 0.0239. The molecule has 0 spiro atoms. The van der Waals surface area contributed by atoms with E-state index in [1.54, 1.807) is 42.7 Å². The highest BCUT2D eigenvalue weighted by Gasteiger charge is 2.14. The Kier molecular flexibility index (Phi) is 4.20. The first-order valence-corrected chi connectivity index (χ1v) is 6.14. The van der Waals surface area contributed by atoms with E-state index in [1.165, 1.54) is 7.11 Å². The summed E-state index contributed by atoms with van der Waals surface area (Å²) in [4.78, 5) is 23.3. The average molecular weight is 273 g/mol. The van der Waals surface area contributed by atoms with Crippen molar-refractivity contribution in [2.75, 3.05) is 7.11 Å². The maximum absolute atomic E-state index is 12.0. The van der Waals surface area contributed by atoms with Crippen LogP contribution in [0.2, 0.25) is 0 Å². The summed E-state index contributed by atoms with van der Waals surface area (Å²) in [6.45, 7) is 1.83. The van der Waals surface area contributed by atoms with Gasteiger partial charge in [-0.25, -0.2) is 4.79 Å². The quantitative estimate of drug-likeness (QED) is 0.869. The average Bonchev–Trinajstić information content (AvgIpc) is 3.01. The number of carbonyl (C=O) groups excluding carboxylic acids is 2. The van der Waals surface area contributed by atoms with Crippen LogP contribution in [0.1, 0.15) is 39.4 Å². The third-order valence-electron chi connectivity index (χ3n) is 2.89. The maximum atomic E-state index is 12.0. The van der Waals surface area contributed by atoms with Gasteiger partial charge in [-0.3, -0.25) is 4.79 Å². The zero-order chi connectivity index (χ0) is 14.5. The standard InChI is InChI=1S/C15H15NO4/c1-10(13-4-3-9-20-13)16-14(17)11-5-7-12(8-6-11)15(18)19-2/h3-10H,1-2H3,(H,16,17)/t10-/m1/s1. The van der Waals surface area contributed by atoms with Gasteiger partial charge in [0.2, 0.25) is 0 Å². The van der Waals surface area contributed by atoms with Gasteiger partial charge in [-0.15, -0.1) is 0 Å². The zero-order valence-electron chi connectivity index (χ0n) is 11.3. The molecule has 0 unspecified atom stereocenters. The van der Waals surface area contributed by atoms with Crippen molar-refractivity contribution in [1.82, 2.24) is 5.32 Å². The molecule has 2 aromatic rings. The second-order valence-electron chi connectivity index (χ2n) is 4.28. The van der Waals surface area contributed by atoms with Crippen molar-refractivity contribution >= 4 is 11.9 Å². The van der Waals surface area contributed by atoms with E-state index in [0.29, 0.717) is 16.9 Å². The normalized spacial score (nSPS) is 11.7. The molecule has 0 radical (unpaired) electrons. The van der Waals surface area contributed by atoms with Crippen LogP contribution < -0.4 is 5.32 Å². The number of furan rings is 1. The van der Waals surface area contributed by atoms with Gasteiger partial charge in [-0.1, -0.05) is 0 Å². The number of methoxy groups -OCH3 is 1. The maximum Gasteiger partial charge on any atom is 0.337 e. The Morgan fingerprint density at radius 1 is 1.15 bits per heavy atom. The number of hydrogen-bond donors (Lipinski definition) is 1. The van der Waals surface area contributed by atoms with E-state index in [1.807, 2.05) is 6.92 Å². The Balaban J connectivity index is 2.04. The van der Waals surface area contributed by atoms with E-state index in [-0.39, 0.29) is 11.9 Å². The highest BCUT2D eigenvalue weighted by atomic mass is 16.5. The Morgan fingerprint density at radius 2 is 1.80 bits per heavy atom. The van der Waals surface area contributed by atoms with Crippen LogP contribution in [-0.4, -0.2) is 19.0 Å². The molecule has 1 aromatic heterocycles. The summed E-state index contributed by atoms with van der Waals surface area (Å²) >= 11 is 0. The number of esters is 1. The third kappa shape index (κ3) is 3.06. The van der Waals surface area contributed by atoms with Crippen molar-refractivity contribution in [3.8, 4) is 0 Å². The van der Waals surface area contributed by atoms with Crippen LogP contribution in [0.25, 0.3) is 0 Å². The van der Waals surface area contributed by atoms with Gasteiger partial charge in [-0.05, 0) is 43.3 Å². The highest BCUT2D eigenvalue weighted by molar-refractivity contribution is 5.96. The summed E-state index contributed by atoms with van der Waals surface area (Å²) in [5.41, 5.74) is 0.874. The van der Waals surface area contributed by atoms with Gasteiger partial charge in [0.15, 0.2) is 0 Å². The minimum atomic E-state index is -0.430. The van der Waals surface area contributed by atoms with Crippen LogP contribution in [0.15, 0.2) is 47.1 Å². The first-order chi connectivity index (χ1) is 9.61. The summed E-state index contributed by atoms with van der Waals surface area (Å²) in [7, 11) is 1.31. The van der Waals surface area contributed by atoms with Crippen LogP contribution in [0, 0.1) is 0 Å². The predicted octanol–water partition coefficient (Wildman–Crippen LogP) is 2.56. The fourth-order valence-corrected chi connectivity index (χ4v) is 1.76. The minimum Gasteiger partial charge on any atom is -0.467 e. The van der Waals surface area contributed by atoms with Crippen molar-refractivity contribution in [3.05, 3.63) is 59.5 Å². The van der Waals surface area contributed by atoms with Gasteiger partial charge in [0.05, 0.1) is 25.0 Å². The number of amides is 1. The van der Waals surface area contributed by atoms with Crippen LogP contribution >= 0.6 is 0 Å². The molecule has 0 aliphatic rings. The lowest BCUT2D eigenvalue weighted by molar-refractivity contribution is 0.0600. The van der Waals surface area contributed by atoms with Gasteiger partial charge >= 0.3 is 5.97 Å². The molecule has 0 saturated heterocycles. The summed E-state index contributed by atoms with van der Waals surface area (Å²) < 4.78 is 9.82. The number of ether oxygens (including phenoxy) is 1. The molecule has 0 aliphatic carbocycles. The second kappa shape index (κ2) is 6.06. The topological polar surface area (TPSA) is 68.5 Å². The second-order valence-corrected chi connectivity index (χ2v) is 4.28. The molecule has 2 rings (SSSR count). The van der Waals surface area contributed by atoms with E-state index in [0.717, 1.165) is 0 Å². The minimum absolute atomic E-state index is 0.224. The van der Waals surface area contributed by atoms with Gasteiger partial charge < -0.3 is 14.5 Å². The fourth-order valence-electron chi connectivity index (χ4n) is 1.76. The highest BCUT2D eigenvalue weighted by Crippen LogP contribution is 2.13. The number of nitrogens with one attached hydrogen (secondary N) is 1. The Labute approximate surface area is 116 Å². The van der Waals surface area contributed by atoms with E-state index >= 15 is 0 Å². The van der Waals surface area contributed by atoms with E-state index in [9.17, 15) is 9.59 Å². The molecule has 1 N–H and O–H groups in total. The van der Waals surface area contributed by atoms with Gasteiger partial charge in [0, 0.05) is 5.56 Å². The van der Waals surface area contributed by atoms with Crippen LogP contribution in [0.5, 0.6) is 0 Å². The molecule has 1 heterocycles. The van der Waals surface area contributed by atoms with Gasteiger partial charge in [0.1, 0.15) is 5.76 Å². The smallest absolute Gasteiger partial charge is 0.337 e. The Morgan fingerprint density at radius 3 is 2.35 bits per heavy atom. The van der Waals surface area contributed by atoms with Crippen molar-refractivity contribution in [1.29, 1.82) is 0 Å². The molecule has 20 heavy (non-hydrogen) atoms. The number of carbonyl (C=O) groups is 2. The fraction of sp³-hybridized carbons (Fsp3) is 0.200. The first kappa shape index (κ1) is 13.9. The van der Waals surface area contributed by atoms with Crippen LogP contribution in [0.3, 0.4) is 0 Å². The summed E-state index contributed by atoms with van der Waals surface area (Å²) in [5, 5.41) is 2.81. The van der Waals surface area contributed by atoms with Gasteiger partial charge in [-0.2, -0.15) is 0 Å². The molecule has 1 atom stereocenters. The van der Waals surface area contributed by atoms with Crippen molar-refractivity contribution in [2.24, 2.45) is 0 Å². The lowest BCUT2D eigenvalue weighted by atomic mass is 10.1. The molecule has 0 bridgehead atoms. The molecule has 0 saturated carbocycles. The van der Waals surface area contributed by atoms with E-state index in [2.05, 4.69) is 10.1 Å². The lowest BCUT2D eigenvalue weighted by Gasteiger charge is -2.11. The number of benzene rings is 1. The van der Waals surface area contributed by atoms with Crippen molar-refractivity contribution in [3.63, 3.8) is 0 Å². The third-order valence-corrected chi connectivity index (χ3v) is 2.89. The molecule has 1 aromatic carbocycles. The predicted molar refractivity (Wildman–Crippen MR) is 72.4 cm³/mol. The van der Waals surface area contributed by atoms with Crippen LogP contribution in [0.4, 0.5) is 0 Å². The molecule has 104 valence electrons. The number of hydrogen-bond acceptors (Lipinski definition) is 4. The van der Waals surface area contributed by atoms with Crippen molar-refractivity contribution < 1.29 is 18.7 Å². The van der Waals surface area contributed by atoms with Crippen molar-refractivity contribution in [2.45, 2.75) is 13.0 Å². The Hall–Kier alpha value is -2.56. The van der Waals surface area contributed by atoms with E-state index < -0.39 is 5.97 Å². The Bertz CT molecular complexity index is 587.